The Balaban J connectivity index is 2.52. The summed E-state index contributed by atoms with van der Waals surface area (Å²) >= 11 is 0. The van der Waals surface area contributed by atoms with Gasteiger partial charge in [0.25, 0.3) is 0 Å². The van der Waals surface area contributed by atoms with Gasteiger partial charge in [0.15, 0.2) is 0 Å². The topological polar surface area (TPSA) is 87.1 Å². The average Bonchev–Trinajstić information content (AvgIpc) is 2.36. The van der Waals surface area contributed by atoms with Crippen LogP contribution in [-0.4, -0.2) is 34.4 Å². The number of anilines is 1. The number of carbonyl (C=O) groups is 2. The Labute approximate surface area is 103 Å². The van der Waals surface area contributed by atoms with Crippen LogP contribution in [0.4, 0.5) is 10.5 Å². The molecule has 1 aliphatic rings. The number of nitrogens with zero attached hydrogens (tertiary/aromatic N) is 1. The fraction of sp³-hybridized carbons (Fsp3) is 0.333. The minimum atomic E-state index is -1.52. The van der Waals surface area contributed by atoms with Gasteiger partial charge in [0, 0.05) is 0 Å². The Morgan fingerprint density at radius 3 is 2.61 bits per heavy atom. The summed E-state index contributed by atoms with van der Waals surface area (Å²) in [5.74, 6) is -0.888. The summed E-state index contributed by atoms with van der Waals surface area (Å²) in [6.07, 6.45) is -1.01. The van der Waals surface area contributed by atoms with Crippen LogP contribution in [0, 0.1) is 0 Å². The van der Waals surface area contributed by atoms with Crippen molar-refractivity contribution in [2.24, 2.45) is 0 Å². The summed E-state index contributed by atoms with van der Waals surface area (Å²) in [5.41, 5.74) is -1.15. The fourth-order valence-corrected chi connectivity index (χ4v) is 1.97. The molecule has 1 amide bonds. The zero-order valence-electron chi connectivity index (χ0n) is 9.79. The lowest BCUT2D eigenvalue weighted by Crippen LogP contribution is -2.57. The predicted molar refractivity (Wildman–Crippen MR) is 63.1 cm³/mol. The molecule has 2 N–H and O–H groups in total. The lowest BCUT2D eigenvalue weighted by Gasteiger charge is -2.39. The van der Waals surface area contributed by atoms with Crippen molar-refractivity contribution in [3.63, 3.8) is 0 Å². The van der Waals surface area contributed by atoms with Crippen molar-refractivity contribution in [3.8, 4) is 5.75 Å². The highest BCUT2D eigenvalue weighted by Gasteiger charge is 2.46. The van der Waals surface area contributed by atoms with Crippen LogP contribution in [0.3, 0.4) is 0 Å². The molecule has 1 aliphatic heterocycles. The van der Waals surface area contributed by atoms with E-state index < -0.39 is 17.7 Å². The molecular formula is C12H13NO5. The molecule has 96 valence electrons. The van der Waals surface area contributed by atoms with Crippen LogP contribution in [-0.2, 0) is 4.79 Å². The van der Waals surface area contributed by atoms with Gasteiger partial charge in [0.1, 0.15) is 5.75 Å². The normalized spacial score (nSPS) is 21.9. The molecule has 1 unspecified atom stereocenters. The summed E-state index contributed by atoms with van der Waals surface area (Å²) in [6.45, 7) is 1.44. The van der Waals surface area contributed by atoms with Gasteiger partial charge in [-0.05, 0) is 18.6 Å². The molecule has 0 spiro atoms. The van der Waals surface area contributed by atoms with Gasteiger partial charge in [-0.25, -0.2) is 9.59 Å². The van der Waals surface area contributed by atoms with E-state index in [2.05, 4.69) is 0 Å². The van der Waals surface area contributed by atoms with Crippen LogP contribution >= 0.6 is 0 Å². The molecule has 2 rings (SSSR count). The average molecular weight is 251 g/mol. The summed E-state index contributed by atoms with van der Waals surface area (Å²) in [7, 11) is 0. The number of carboxylic acids is 1. The summed E-state index contributed by atoms with van der Waals surface area (Å²) in [4.78, 5) is 23.6. The number of hydrogen-bond acceptors (Lipinski definition) is 3. The van der Waals surface area contributed by atoms with Crippen LogP contribution in [0.15, 0.2) is 24.3 Å². The Kier molecular flexibility index (Phi) is 2.86. The first-order valence-electron chi connectivity index (χ1n) is 5.52. The number of amides is 1. The van der Waals surface area contributed by atoms with E-state index in [0.29, 0.717) is 5.69 Å². The van der Waals surface area contributed by atoms with E-state index in [0.717, 1.165) is 4.90 Å². The number of para-hydroxylation sites is 2. The first-order chi connectivity index (χ1) is 8.50. The maximum atomic E-state index is 11.3. The zero-order valence-corrected chi connectivity index (χ0v) is 9.79. The third-order valence-electron chi connectivity index (χ3n) is 3.07. The summed E-state index contributed by atoms with van der Waals surface area (Å²) in [5, 5.41) is 18.4. The second-order valence-corrected chi connectivity index (χ2v) is 4.09. The van der Waals surface area contributed by atoms with Crippen molar-refractivity contribution >= 4 is 17.7 Å². The molecule has 0 bridgehead atoms. The van der Waals surface area contributed by atoms with Gasteiger partial charge < -0.3 is 14.9 Å². The molecule has 0 saturated carbocycles. The molecule has 0 aliphatic carbocycles. The minimum Gasteiger partial charge on any atom is -0.478 e. The van der Waals surface area contributed by atoms with Gasteiger partial charge in [-0.15, -0.1) is 0 Å². The van der Waals surface area contributed by atoms with Crippen molar-refractivity contribution in [1.29, 1.82) is 0 Å². The number of fused-ring (bicyclic) bond motifs is 1. The van der Waals surface area contributed by atoms with Crippen LogP contribution in [0.2, 0.25) is 0 Å². The maximum absolute atomic E-state index is 11.3. The van der Waals surface area contributed by atoms with E-state index >= 15 is 0 Å². The van der Waals surface area contributed by atoms with Gasteiger partial charge in [0.2, 0.25) is 5.60 Å². The molecule has 1 aromatic rings. The summed E-state index contributed by atoms with van der Waals surface area (Å²) < 4.78 is 5.51. The Morgan fingerprint density at radius 2 is 2.06 bits per heavy atom. The van der Waals surface area contributed by atoms with E-state index in [4.69, 9.17) is 4.74 Å². The number of aliphatic carboxylic acids is 1. The molecule has 0 aromatic heterocycles. The molecule has 18 heavy (non-hydrogen) atoms. The highest BCUT2D eigenvalue weighted by Crippen LogP contribution is 2.38. The fourth-order valence-electron chi connectivity index (χ4n) is 1.97. The Morgan fingerprint density at radius 1 is 1.39 bits per heavy atom. The van der Waals surface area contributed by atoms with E-state index in [1.165, 1.54) is 0 Å². The molecule has 1 atom stereocenters. The second kappa shape index (κ2) is 4.21. The van der Waals surface area contributed by atoms with Crippen LogP contribution in [0.25, 0.3) is 0 Å². The first-order valence-corrected chi connectivity index (χ1v) is 5.52. The molecular weight excluding hydrogens is 238 g/mol. The highest BCUT2D eigenvalue weighted by molar-refractivity contribution is 5.92. The van der Waals surface area contributed by atoms with Gasteiger partial charge >= 0.3 is 12.1 Å². The van der Waals surface area contributed by atoms with E-state index in [1.54, 1.807) is 31.2 Å². The lowest BCUT2D eigenvalue weighted by atomic mass is 9.97. The number of carboxylic acid groups (broad SMARTS) is 2. The van der Waals surface area contributed by atoms with Crippen molar-refractivity contribution in [2.75, 3.05) is 11.4 Å². The number of benzene rings is 1. The monoisotopic (exact) mass is 251 g/mol. The number of hydrogen-bond donors (Lipinski definition) is 2. The number of ether oxygens (including phenoxy) is 1. The van der Waals surface area contributed by atoms with Crippen molar-refractivity contribution < 1.29 is 24.5 Å². The zero-order chi connectivity index (χ0) is 13.3. The van der Waals surface area contributed by atoms with Crippen LogP contribution < -0.4 is 9.64 Å². The minimum absolute atomic E-state index is 0.181. The van der Waals surface area contributed by atoms with Gasteiger partial charge in [-0.3, -0.25) is 4.90 Å². The molecule has 0 radical (unpaired) electrons. The predicted octanol–water partition coefficient (Wildman–Crippen LogP) is 1.80. The van der Waals surface area contributed by atoms with Crippen molar-refractivity contribution in [2.45, 2.75) is 18.9 Å². The third kappa shape index (κ3) is 1.75. The standard InChI is InChI=1S/C12H13NO5/c1-2-12(10(14)15)7-13(11(16)17)8-5-3-4-6-9(8)18-12/h3-6H,2,7H2,1H3,(H,14,15)(H,16,17). The van der Waals surface area contributed by atoms with E-state index in [-0.39, 0.29) is 18.7 Å². The van der Waals surface area contributed by atoms with Gasteiger partial charge in [0.05, 0.1) is 12.2 Å². The highest BCUT2D eigenvalue weighted by atomic mass is 16.5. The molecule has 6 heteroatoms. The summed E-state index contributed by atoms with van der Waals surface area (Å²) in [6, 6.07) is 6.51. The second-order valence-electron chi connectivity index (χ2n) is 4.09. The SMILES string of the molecule is CCC1(C(=O)O)CN(C(=O)O)c2ccccc2O1. The van der Waals surface area contributed by atoms with Crippen molar-refractivity contribution in [3.05, 3.63) is 24.3 Å². The molecule has 6 nitrogen and oxygen atoms in total. The maximum Gasteiger partial charge on any atom is 0.412 e. The Hall–Kier alpha value is -2.24. The van der Waals surface area contributed by atoms with Crippen molar-refractivity contribution in [1.82, 2.24) is 0 Å². The first kappa shape index (κ1) is 12.2. The largest absolute Gasteiger partial charge is 0.478 e. The Bertz CT molecular complexity index is 501. The number of rotatable bonds is 2. The van der Waals surface area contributed by atoms with E-state index in [9.17, 15) is 19.8 Å². The quantitative estimate of drug-likeness (QED) is 0.836. The molecule has 1 aromatic carbocycles. The van der Waals surface area contributed by atoms with Gasteiger partial charge in [-0.2, -0.15) is 0 Å². The van der Waals surface area contributed by atoms with Gasteiger partial charge in [-0.1, -0.05) is 19.1 Å². The third-order valence-corrected chi connectivity index (χ3v) is 3.07. The molecule has 0 fully saturated rings. The smallest absolute Gasteiger partial charge is 0.412 e. The molecule has 1 heterocycles. The van der Waals surface area contributed by atoms with E-state index in [1.807, 2.05) is 0 Å². The lowest BCUT2D eigenvalue weighted by molar-refractivity contribution is -0.155. The molecule has 0 saturated heterocycles. The van der Waals surface area contributed by atoms with Crippen LogP contribution in [0.5, 0.6) is 5.75 Å². The van der Waals surface area contributed by atoms with Crippen LogP contribution in [0.1, 0.15) is 13.3 Å².